The number of nitrogens with one attached hydrogen (secondary N) is 2. The Morgan fingerprint density at radius 3 is 2.54 bits per heavy atom. The van der Waals surface area contributed by atoms with E-state index >= 15 is 0 Å². The molecule has 1 amide bonds. The van der Waals surface area contributed by atoms with E-state index in [0.29, 0.717) is 17.3 Å². The average molecular weight is 347 g/mol. The van der Waals surface area contributed by atoms with Crippen molar-refractivity contribution in [3.05, 3.63) is 59.9 Å². The van der Waals surface area contributed by atoms with Crippen LogP contribution in [-0.4, -0.2) is 27.7 Å². The van der Waals surface area contributed by atoms with Crippen LogP contribution in [0.3, 0.4) is 0 Å². The zero-order chi connectivity index (χ0) is 18.4. The smallest absolute Gasteiger partial charge is 0.228 e. The Morgan fingerprint density at radius 1 is 1.19 bits per heavy atom. The fourth-order valence-corrected chi connectivity index (χ4v) is 2.38. The molecule has 1 heterocycles. The maximum absolute atomic E-state index is 12.2. The summed E-state index contributed by atoms with van der Waals surface area (Å²) in [5, 5.41) is 18.3. The summed E-state index contributed by atoms with van der Waals surface area (Å²) in [5.41, 5.74) is 2.44. The third kappa shape index (κ3) is 4.45. The summed E-state index contributed by atoms with van der Waals surface area (Å²) < 4.78 is 5.19. The summed E-state index contributed by atoms with van der Waals surface area (Å²) in [6.45, 7) is 1.84. The largest absolute Gasteiger partial charge is 0.479 e. The van der Waals surface area contributed by atoms with Crippen molar-refractivity contribution in [2.24, 2.45) is 0 Å². The van der Waals surface area contributed by atoms with Crippen molar-refractivity contribution in [1.82, 2.24) is 15.2 Å². The quantitative estimate of drug-likeness (QED) is 0.713. The second kappa shape index (κ2) is 7.94. The number of hydrogen-bond acceptors (Lipinski definition) is 5. The van der Waals surface area contributed by atoms with Crippen molar-refractivity contribution in [2.45, 2.75) is 13.3 Å². The van der Waals surface area contributed by atoms with Gasteiger partial charge in [-0.25, -0.2) is 4.98 Å². The molecule has 0 aliphatic carbocycles. The molecule has 0 aliphatic heterocycles. The molecule has 0 aliphatic rings. The molecule has 0 unspecified atom stereocenters. The normalized spacial score (nSPS) is 10.2. The molecule has 0 spiro atoms. The number of benzene rings is 2. The molecule has 0 bridgehead atoms. The number of aryl methyl sites for hydroxylation is 1. The molecule has 0 saturated heterocycles. The number of anilines is 1. The third-order valence-electron chi connectivity index (χ3n) is 3.62. The highest BCUT2D eigenvalue weighted by Crippen LogP contribution is 2.18. The molecule has 1 aromatic heterocycles. The molecular weight excluding hydrogens is 330 g/mol. The Bertz CT molecular complexity index is 924. The van der Waals surface area contributed by atoms with E-state index < -0.39 is 0 Å². The molecule has 26 heavy (non-hydrogen) atoms. The van der Waals surface area contributed by atoms with Crippen molar-refractivity contribution in [3.63, 3.8) is 0 Å². The highest BCUT2D eigenvalue weighted by molar-refractivity contribution is 5.92. The number of nitrogens with zero attached hydrogens (tertiary/aromatic N) is 3. The fraction of sp³-hybridized carbons (Fsp3) is 0.158. The van der Waals surface area contributed by atoms with Crippen LogP contribution in [0.2, 0.25) is 0 Å². The van der Waals surface area contributed by atoms with E-state index in [2.05, 4.69) is 20.5 Å². The van der Waals surface area contributed by atoms with Crippen LogP contribution in [-0.2, 0) is 11.2 Å². The highest BCUT2D eigenvalue weighted by atomic mass is 16.5. The molecule has 3 rings (SSSR count). The zero-order valence-corrected chi connectivity index (χ0v) is 14.2. The minimum absolute atomic E-state index is 0.00317. The van der Waals surface area contributed by atoms with Crippen molar-refractivity contribution < 1.29 is 9.53 Å². The van der Waals surface area contributed by atoms with Gasteiger partial charge in [0.2, 0.25) is 5.91 Å². The Morgan fingerprint density at radius 2 is 1.92 bits per heavy atom. The number of carbonyl (C=O) groups is 1. The maximum Gasteiger partial charge on any atom is 0.228 e. The molecule has 130 valence electrons. The van der Waals surface area contributed by atoms with E-state index in [0.717, 1.165) is 17.0 Å². The Balaban J connectivity index is 1.57. The van der Waals surface area contributed by atoms with E-state index in [1.807, 2.05) is 37.3 Å². The lowest BCUT2D eigenvalue weighted by molar-refractivity contribution is -0.115. The number of aromatic nitrogens is 3. The lowest BCUT2D eigenvalue weighted by atomic mass is 10.1. The Kier molecular flexibility index (Phi) is 5.25. The second-order valence-electron chi connectivity index (χ2n) is 5.64. The van der Waals surface area contributed by atoms with E-state index in [4.69, 9.17) is 10.00 Å². The number of hydrogen-bond donors (Lipinski definition) is 2. The fourth-order valence-electron chi connectivity index (χ4n) is 2.38. The molecule has 0 atom stereocenters. The molecule has 0 radical (unpaired) electrons. The summed E-state index contributed by atoms with van der Waals surface area (Å²) in [5.74, 6) is 1.87. The number of carbonyl (C=O) groups excluding carboxylic acids is 1. The molecule has 2 aromatic carbocycles. The Hall–Kier alpha value is -3.66. The lowest BCUT2D eigenvalue weighted by Gasteiger charge is -2.07. The van der Waals surface area contributed by atoms with Crippen molar-refractivity contribution >= 4 is 11.6 Å². The van der Waals surface area contributed by atoms with Gasteiger partial charge in [-0.1, -0.05) is 12.1 Å². The minimum Gasteiger partial charge on any atom is -0.479 e. The van der Waals surface area contributed by atoms with E-state index in [-0.39, 0.29) is 18.9 Å². The molecular formula is C19H17N5O2. The van der Waals surface area contributed by atoms with Gasteiger partial charge in [0.1, 0.15) is 17.6 Å². The van der Waals surface area contributed by atoms with Gasteiger partial charge in [0.05, 0.1) is 6.42 Å². The summed E-state index contributed by atoms with van der Waals surface area (Å²) in [6, 6.07) is 16.4. The zero-order valence-electron chi connectivity index (χ0n) is 14.2. The van der Waals surface area contributed by atoms with Crippen LogP contribution in [0.25, 0.3) is 11.4 Å². The number of aromatic amines is 1. The van der Waals surface area contributed by atoms with Crippen molar-refractivity contribution in [1.29, 1.82) is 5.26 Å². The van der Waals surface area contributed by atoms with Crippen molar-refractivity contribution in [2.75, 3.05) is 11.9 Å². The van der Waals surface area contributed by atoms with Crippen LogP contribution in [0.5, 0.6) is 5.75 Å². The van der Waals surface area contributed by atoms with Crippen LogP contribution in [0.15, 0.2) is 48.5 Å². The van der Waals surface area contributed by atoms with Crippen LogP contribution in [0.4, 0.5) is 5.69 Å². The summed E-state index contributed by atoms with van der Waals surface area (Å²) in [7, 11) is 0. The van der Waals surface area contributed by atoms with Crippen LogP contribution < -0.4 is 10.1 Å². The summed E-state index contributed by atoms with van der Waals surface area (Å²) >= 11 is 0. The maximum atomic E-state index is 12.2. The van der Waals surface area contributed by atoms with Gasteiger partial charge in [0.15, 0.2) is 12.4 Å². The van der Waals surface area contributed by atoms with Crippen LogP contribution >= 0.6 is 0 Å². The standard InChI is InChI=1S/C19H17N5O2/c1-13-21-19(24-23-13)15-4-6-16(7-5-15)22-18(25)12-14-2-8-17(9-3-14)26-11-10-20/h2-9H,11-12H2,1H3,(H,22,25)(H,21,23,24). The summed E-state index contributed by atoms with van der Waals surface area (Å²) in [6.07, 6.45) is 0.250. The number of amides is 1. The monoisotopic (exact) mass is 347 g/mol. The van der Waals surface area contributed by atoms with Gasteiger partial charge in [0, 0.05) is 11.3 Å². The van der Waals surface area contributed by atoms with Crippen LogP contribution in [0, 0.1) is 18.3 Å². The molecule has 2 N–H and O–H groups in total. The first kappa shape index (κ1) is 17.2. The number of nitriles is 1. The lowest BCUT2D eigenvalue weighted by Crippen LogP contribution is -2.14. The van der Waals surface area contributed by atoms with Gasteiger partial charge in [-0.15, -0.1) is 0 Å². The van der Waals surface area contributed by atoms with Crippen LogP contribution in [0.1, 0.15) is 11.4 Å². The van der Waals surface area contributed by atoms with E-state index in [1.165, 1.54) is 0 Å². The SMILES string of the molecule is Cc1nc(-c2ccc(NC(=O)Cc3ccc(OCC#N)cc3)cc2)n[nH]1. The van der Waals surface area contributed by atoms with Gasteiger partial charge in [-0.2, -0.15) is 10.4 Å². The second-order valence-corrected chi connectivity index (χ2v) is 5.64. The van der Waals surface area contributed by atoms with E-state index in [1.54, 1.807) is 24.3 Å². The molecule has 0 fully saturated rings. The topological polar surface area (TPSA) is 104 Å². The molecule has 3 aromatic rings. The Labute approximate surface area is 150 Å². The van der Waals surface area contributed by atoms with Gasteiger partial charge < -0.3 is 10.1 Å². The first-order chi connectivity index (χ1) is 12.6. The molecule has 0 saturated carbocycles. The van der Waals surface area contributed by atoms with Gasteiger partial charge in [-0.05, 0) is 48.9 Å². The number of ether oxygens (including phenoxy) is 1. The first-order valence-electron chi connectivity index (χ1n) is 8.02. The predicted molar refractivity (Wildman–Crippen MR) is 96.4 cm³/mol. The average Bonchev–Trinajstić information content (AvgIpc) is 3.08. The van der Waals surface area contributed by atoms with Gasteiger partial charge >= 0.3 is 0 Å². The predicted octanol–water partition coefficient (Wildman–Crippen LogP) is 2.86. The van der Waals surface area contributed by atoms with Crippen molar-refractivity contribution in [3.8, 4) is 23.2 Å². The number of rotatable bonds is 6. The third-order valence-corrected chi connectivity index (χ3v) is 3.62. The van der Waals surface area contributed by atoms with Gasteiger partial charge in [0.25, 0.3) is 0 Å². The first-order valence-corrected chi connectivity index (χ1v) is 8.02. The number of H-pyrrole nitrogens is 1. The highest BCUT2D eigenvalue weighted by Gasteiger charge is 2.07. The van der Waals surface area contributed by atoms with Gasteiger partial charge in [-0.3, -0.25) is 9.89 Å². The molecule has 7 nitrogen and oxygen atoms in total. The van der Waals surface area contributed by atoms with E-state index in [9.17, 15) is 4.79 Å². The minimum atomic E-state index is -0.114. The summed E-state index contributed by atoms with van der Waals surface area (Å²) in [4.78, 5) is 16.5. The molecule has 7 heteroatoms.